The van der Waals surface area contributed by atoms with Crippen molar-refractivity contribution in [3.05, 3.63) is 52.8 Å². The molecule has 6 nitrogen and oxygen atoms in total. The fraction of sp³-hybridized carbons (Fsp3) is 0.455. The van der Waals surface area contributed by atoms with Crippen molar-refractivity contribution in [3.63, 3.8) is 0 Å². The summed E-state index contributed by atoms with van der Waals surface area (Å²) in [6.07, 6.45) is 4.88. The summed E-state index contributed by atoms with van der Waals surface area (Å²) < 4.78 is 0. The number of piperazine rings is 1. The Morgan fingerprint density at radius 3 is 2.14 bits per heavy atom. The Kier molecular flexibility index (Phi) is 6.39. The van der Waals surface area contributed by atoms with Crippen LogP contribution in [0, 0.1) is 20.8 Å². The molecule has 0 saturated carbocycles. The van der Waals surface area contributed by atoms with Crippen LogP contribution in [-0.2, 0) is 4.79 Å². The maximum Gasteiger partial charge on any atom is 0.225 e. The highest BCUT2D eigenvalue weighted by Crippen LogP contribution is 2.19. The van der Waals surface area contributed by atoms with Crippen molar-refractivity contribution in [1.29, 1.82) is 0 Å². The molecule has 1 fully saturated rings. The molecule has 0 atom stereocenters. The van der Waals surface area contributed by atoms with Gasteiger partial charge < -0.3 is 9.80 Å². The number of aryl methyl sites for hydroxylation is 3. The fourth-order valence-corrected chi connectivity index (χ4v) is 3.91. The number of aromatic nitrogens is 2. The van der Waals surface area contributed by atoms with E-state index in [1.54, 1.807) is 18.5 Å². The predicted molar refractivity (Wildman–Crippen MR) is 110 cm³/mol. The molecule has 2 heterocycles. The van der Waals surface area contributed by atoms with Crippen LogP contribution in [0.5, 0.6) is 0 Å². The van der Waals surface area contributed by atoms with Gasteiger partial charge in [-0.2, -0.15) is 0 Å². The van der Waals surface area contributed by atoms with Gasteiger partial charge in [-0.1, -0.05) is 17.7 Å². The van der Waals surface area contributed by atoms with Gasteiger partial charge in [0.1, 0.15) is 0 Å². The fourth-order valence-electron chi connectivity index (χ4n) is 3.91. The first kappa shape index (κ1) is 20.0. The predicted octanol–water partition coefficient (Wildman–Crippen LogP) is 3.10. The molecule has 28 heavy (non-hydrogen) atoms. The molecule has 0 unspecified atom stereocenters. The highest BCUT2D eigenvalue weighted by atomic mass is 16.2. The average molecular weight is 380 g/mol. The molecule has 0 bridgehead atoms. The van der Waals surface area contributed by atoms with Crippen LogP contribution in [0.15, 0.2) is 30.6 Å². The molecule has 1 aliphatic rings. The first-order valence-corrected chi connectivity index (χ1v) is 9.86. The van der Waals surface area contributed by atoms with E-state index in [9.17, 15) is 9.59 Å². The zero-order chi connectivity index (χ0) is 20.1. The van der Waals surface area contributed by atoms with Crippen molar-refractivity contribution >= 4 is 17.6 Å². The van der Waals surface area contributed by atoms with E-state index in [4.69, 9.17) is 0 Å². The molecule has 1 aromatic heterocycles. The summed E-state index contributed by atoms with van der Waals surface area (Å²) in [5.41, 5.74) is 4.03. The molecule has 148 valence electrons. The van der Waals surface area contributed by atoms with Crippen molar-refractivity contribution in [3.8, 4) is 0 Å². The lowest BCUT2D eigenvalue weighted by Gasteiger charge is -2.34. The average Bonchev–Trinajstić information content (AvgIpc) is 2.68. The second-order valence-corrected chi connectivity index (χ2v) is 7.47. The summed E-state index contributed by atoms with van der Waals surface area (Å²) >= 11 is 0. The zero-order valence-corrected chi connectivity index (χ0v) is 16.9. The Morgan fingerprint density at radius 2 is 1.54 bits per heavy atom. The number of ketones is 1. The normalized spacial score (nSPS) is 14.2. The molecule has 1 aliphatic heterocycles. The van der Waals surface area contributed by atoms with Crippen LogP contribution < -0.4 is 4.90 Å². The molecule has 1 aromatic carbocycles. The number of nitrogens with zero attached hydrogens (tertiary/aromatic N) is 4. The monoisotopic (exact) mass is 380 g/mol. The van der Waals surface area contributed by atoms with E-state index >= 15 is 0 Å². The molecule has 0 radical (unpaired) electrons. The standard InChI is InChI=1S/C22H28N4O2/c1-16-14-17(2)21(18(3)15-16)19(27)6-4-7-20(28)25-10-12-26(13-11-25)22-23-8-5-9-24-22/h5,8-9,14-15H,4,6-7,10-13H2,1-3H3. The summed E-state index contributed by atoms with van der Waals surface area (Å²) in [5.74, 6) is 0.969. The highest BCUT2D eigenvalue weighted by Gasteiger charge is 2.22. The minimum Gasteiger partial charge on any atom is -0.339 e. The van der Waals surface area contributed by atoms with E-state index in [1.165, 1.54) is 5.56 Å². The SMILES string of the molecule is Cc1cc(C)c(C(=O)CCCC(=O)N2CCN(c3ncccn3)CC2)c(C)c1. The molecule has 1 saturated heterocycles. The van der Waals surface area contributed by atoms with Crippen LogP contribution in [-0.4, -0.2) is 52.7 Å². The summed E-state index contributed by atoms with van der Waals surface area (Å²) in [4.78, 5) is 37.6. The number of hydrogen-bond acceptors (Lipinski definition) is 5. The van der Waals surface area contributed by atoms with Crippen LogP contribution in [0.4, 0.5) is 5.95 Å². The number of amides is 1. The maximum absolute atomic E-state index is 12.6. The van der Waals surface area contributed by atoms with Crippen molar-refractivity contribution in [1.82, 2.24) is 14.9 Å². The highest BCUT2D eigenvalue weighted by molar-refractivity contribution is 5.99. The summed E-state index contributed by atoms with van der Waals surface area (Å²) in [6, 6.07) is 5.88. The molecular weight excluding hydrogens is 352 g/mol. The lowest BCUT2D eigenvalue weighted by atomic mass is 9.94. The van der Waals surface area contributed by atoms with Gasteiger partial charge in [0, 0.05) is 57.0 Å². The molecule has 3 rings (SSSR count). The van der Waals surface area contributed by atoms with Gasteiger partial charge in [-0.3, -0.25) is 9.59 Å². The number of Topliss-reactive ketones (excluding diaryl/α,β-unsaturated/α-hetero) is 1. The quantitative estimate of drug-likeness (QED) is 0.721. The van der Waals surface area contributed by atoms with Gasteiger partial charge in [-0.25, -0.2) is 9.97 Å². The third-order valence-corrected chi connectivity index (χ3v) is 5.22. The van der Waals surface area contributed by atoms with Gasteiger partial charge in [-0.05, 0) is 44.4 Å². The number of carbonyl (C=O) groups is 2. The largest absolute Gasteiger partial charge is 0.339 e. The topological polar surface area (TPSA) is 66.4 Å². The van der Waals surface area contributed by atoms with Gasteiger partial charge >= 0.3 is 0 Å². The van der Waals surface area contributed by atoms with Gasteiger partial charge in [0.2, 0.25) is 11.9 Å². The number of benzene rings is 1. The van der Waals surface area contributed by atoms with Gasteiger partial charge in [-0.15, -0.1) is 0 Å². The second-order valence-electron chi connectivity index (χ2n) is 7.47. The lowest BCUT2D eigenvalue weighted by molar-refractivity contribution is -0.131. The molecule has 0 spiro atoms. The Labute approximate surface area is 166 Å². The van der Waals surface area contributed by atoms with E-state index in [1.807, 2.05) is 37.8 Å². The molecule has 0 aliphatic carbocycles. The smallest absolute Gasteiger partial charge is 0.225 e. The number of hydrogen-bond donors (Lipinski definition) is 0. The second kappa shape index (κ2) is 8.95. The summed E-state index contributed by atoms with van der Waals surface area (Å²) in [7, 11) is 0. The van der Waals surface area contributed by atoms with Crippen molar-refractivity contribution in [2.24, 2.45) is 0 Å². The van der Waals surface area contributed by atoms with E-state index in [0.29, 0.717) is 38.3 Å². The lowest BCUT2D eigenvalue weighted by Crippen LogP contribution is -2.49. The van der Waals surface area contributed by atoms with Crippen LogP contribution in [0.2, 0.25) is 0 Å². The third-order valence-electron chi connectivity index (χ3n) is 5.22. The molecule has 2 aromatic rings. The molecule has 0 N–H and O–H groups in total. The number of rotatable bonds is 6. The summed E-state index contributed by atoms with van der Waals surface area (Å²) in [5, 5.41) is 0. The Bertz CT molecular complexity index is 820. The Hall–Kier alpha value is -2.76. The van der Waals surface area contributed by atoms with E-state index in [2.05, 4.69) is 14.9 Å². The van der Waals surface area contributed by atoms with E-state index < -0.39 is 0 Å². The van der Waals surface area contributed by atoms with Gasteiger partial charge in [0.05, 0.1) is 0 Å². The Morgan fingerprint density at radius 1 is 0.929 bits per heavy atom. The zero-order valence-electron chi connectivity index (χ0n) is 16.9. The van der Waals surface area contributed by atoms with Gasteiger partial charge in [0.25, 0.3) is 0 Å². The minimum atomic E-state index is 0.124. The molecule has 1 amide bonds. The van der Waals surface area contributed by atoms with Crippen molar-refractivity contribution in [2.45, 2.75) is 40.0 Å². The summed E-state index contributed by atoms with van der Waals surface area (Å²) in [6.45, 7) is 8.80. The van der Waals surface area contributed by atoms with Crippen LogP contribution >= 0.6 is 0 Å². The third kappa shape index (κ3) is 4.74. The van der Waals surface area contributed by atoms with Gasteiger partial charge in [0.15, 0.2) is 5.78 Å². The number of anilines is 1. The van der Waals surface area contributed by atoms with Crippen LogP contribution in [0.25, 0.3) is 0 Å². The van der Waals surface area contributed by atoms with E-state index in [-0.39, 0.29) is 11.7 Å². The first-order valence-electron chi connectivity index (χ1n) is 9.86. The molecular formula is C22H28N4O2. The van der Waals surface area contributed by atoms with Crippen molar-refractivity contribution in [2.75, 3.05) is 31.1 Å². The minimum absolute atomic E-state index is 0.124. The van der Waals surface area contributed by atoms with E-state index in [0.717, 1.165) is 29.8 Å². The van der Waals surface area contributed by atoms with Crippen LogP contribution in [0.1, 0.15) is 46.3 Å². The van der Waals surface area contributed by atoms with Crippen molar-refractivity contribution < 1.29 is 9.59 Å². The maximum atomic E-state index is 12.6. The Balaban J connectivity index is 1.46. The number of carbonyl (C=O) groups excluding carboxylic acids is 2. The molecule has 6 heteroatoms. The first-order chi connectivity index (χ1) is 13.5. The van der Waals surface area contributed by atoms with Crippen LogP contribution in [0.3, 0.4) is 0 Å².